The van der Waals surface area contributed by atoms with E-state index in [0.717, 1.165) is 12.1 Å². The second kappa shape index (κ2) is 5.25. The monoisotopic (exact) mass is 262 g/mol. The molecule has 0 fully saturated rings. The molecule has 1 heterocycles. The average Bonchev–Trinajstić information content (AvgIpc) is 2.66. The first-order valence-corrected chi connectivity index (χ1v) is 8.05. The first-order chi connectivity index (χ1) is 7.40. The number of hydrogen-bond donors (Lipinski definition) is 1. The van der Waals surface area contributed by atoms with Crippen molar-refractivity contribution in [3.8, 4) is 0 Å². The van der Waals surface area contributed by atoms with Gasteiger partial charge in [-0.05, 0) is 20.4 Å². The third kappa shape index (κ3) is 3.02. The maximum atomic E-state index is 11.4. The Morgan fingerprint density at radius 1 is 1.56 bits per heavy atom. The highest BCUT2D eigenvalue weighted by molar-refractivity contribution is 7.91. The molecule has 1 rings (SSSR count). The van der Waals surface area contributed by atoms with Crippen LogP contribution in [-0.4, -0.2) is 26.7 Å². The zero-order chi connectivity index (χ0) is 12.3. The van der Waals surface area contributed by atoms with Crippen molar-refractivity contribution < 1.29 is 8.42 Å². The van der Waals surface area contributed by atoms with Crippen molar-refractivity contribution in [2.75, 3.05) is 13.3 Å². The SMILES string of the molecule is CCC(NC)c1csc(C(C)S(C)(=O)=O)n1. The summed E-state index contributed by atoms with van der Waals surface area (Å²) in [4.78, 5) is 4.40. The molecule has 0 aliphatic carbocycles. The van der Waals surface area contributed by atoms with E-state index in [2.05, 4.69) is 17.2 Å². The summed E-state index contributed by atoms with van der Waals surface area (Å²) in [6.07, 6.45) is 2.18. The largest absolute Gasteiger partial charge is 0.312 e. The minimum atomic E-state index is -3.05. The van der Waals surface area contributed by atoms with Crippen molar-refractivity contribution in [1.29, 1.82) is 0 Å². The van der Waals surface area contributed by atoms with Crippen LogP contribution in [0.4, 0.5) is 0 Å². The van der Waals surface area contributed by atoms with Gasteiger partial charge in [0.1, 0.15) is 10.3 Å². The molecule has 0 saturated carbocycles. The van der Waals surface area contributed by atoms with Crippen LogP contribution < -0.4 is 5.32 Å². The van der Waals surface area contributed by atoms with Crippen LogP contribution in [0.3, 0.4) is 0 Å². The Morgan fingerprint density at radius 3 is 2.62 bits per heavy atom. The second-order valence-corrected chi connectivity index (χ2v) is 7.09. The quantitative estimate of drug-likeness (QED) is 0.880. The molecular weight excluding hydrogens is 244 g/mol. The van der Waals surface area contributed by atoms with Crippen molar-refractivity contribution >= 4 is 21.2 Å². The molecular formula is C10H18N2O2S2. The van der Waals surface area contributed by atoms with Gasteiger partial charge < -0.3 is 5.32 Å². The average molecular weight is 262 g/mol. The lowest BCUT2D eigenvalue weighted by molar-refractivity contribution is 0.562. The van der Waals surface area contributed by atoms with Gasteiger partial charge >= 0.3 is 0 Å². The summed E-state index contributed by atoms with van der Waals surface area (Å²) in [5.74, 6) is 0. The maximum absolute atomic E-state index is 11.4. The molecule has 6 heteroatoms. The van der Waals surface area contributed by atoms with Crippen LogP contribution in [0.5, 0.6) is 0 Å². The number of thiazole rings is 1. The zero-order valence-corrected chi connectivity index (χ0v) is 11.7. The molecule has 0 saturated heterocycles. The maximum Gasteiger partial charge on any atom is 0.156 e. The summed E-state index contributed by atoms with van der Waals surface area (Å²) in [5, 5.41) is 5.25. The van der Waals surface area contributed by atoms with Crippen molar-refractivity contribution in [3.63, 3.8) is 0 Å². The predicted molar refractivity (Wildman–Crippen MR) is 67.5 cm³/mol. The fourth-order valence-electron chi connectivity index (χ4n) is 1.39. The van der Waals surface area contributed by atoms with Gasteiger partial charge in [-0.1, -0.05) is 6.92 Å². The molecule has 0 aromatic carbocycles. The molecule has 2 atom stereocenters. The summed E-state index contributed by atoms with van der Waals surface area (Å²) in [5.41, 5.74) is 0.931. The van der Waals surface area contributed by atoms with Crippen molar-refractivity contribution in [3.05, 3.63) is 16.1 Å². The van der Waals surface area contributed by atoms with Crippen molar-refractivity contribution in [2.24, 2.45) is 0 Å². The van der Waals surface area contributed by atoms with Gasteiger partial charge in [0.15, 0.2) is 9.84 Å². The number of hydrogen-bond acceptors (Lipinski definition) is 5. The molecule has 0 aliphatic rings. The van der Waals surface area contributed by atoms with E-state index in [1.807, 2.05) is 12.4 Å². The molecule has 4 nitrogen and oxygen atoms in total. The van der Waals surface area contributed by atoms with Gasteiger partial charge in [0.2, 0.25) is 0 Å². The van der Waals surface area contributed by atoms with Crippen LogP contribution in [0.15, 0.2) is 5.38 Å². The zero-order valence-electron chi connectivity index (χ0n) is 10.0. The summed E-state index contributed by atoms with van der Waals surface area (Å²) in [6.45, 7) is 3.75. The van der Waals surface area contributed by atoms with E-state index < -0.39 is 15.1 Å². The molecule has 1 aromatic rings. The Hall–Kier alpha value is -0.460. The standard InChI is InChI=1S/C10H18N2O2S2/c1-5-8(11-3)9-6-15-10(12-9)7(2)16(4,13)14/h6-8,11H,5H2,1-4H3. The van der Waals surface area contributed by atoms with Crippen LogP contribution in [0.25, 0.3) is 0 Å². The summed E-state index contributed by atoms with van der Waals surface area (Å²) in [7, 11) is -1.17. The van der Waals surface area contributed by atoms with E-state index in [-0.39, 0.29) is 6.04 Å². The number of sulfone groups is 1. The van der Waals surface area contributed by atoms with E-state index in [1.54, 1.807) is 6.92 Å². The van der Waals surface area contributed by atoms with Crippen LogP contribution in [0.2, 0.25) is 0 Å². The van der Waals surface area contributed by atoms with Gasteiger partial charge in [-0.2, -0.15) is 0 Å². The van der Waals surface area contributed by atoms with E-state index in [1.165, 1.54) is 17.6 Å². The molecule has 0 bridgehead atoms. The molecule has 0 radical (unpaired) electrons. The smallest absolute Gasteiger partial charge is 0.156 e. The minimum absolute atomic E-state index is 0.205. The molecule has 0 spiro atoms. The third-order valence-corrected chi connectivity index (χ3v) is 5.35. The molecule has 92 valence electrons. The van der Waals surface area contributed by atoms with Gasteiger partial charge in [-0.15, -0.1) is 11.3 Å². The number of nitrogens with zero attached hydrogens (tertiary/aromatic N) is 1. The van der Waals surface area contributed by atoms with Crippen LogP contribution >= 0.6 is 11.3 Å². The van der Waals surface area contributed by atoms with E-state index in [0.29, 0.717) is 5.01 Å². The molecule has 0 aliphatic heterocycles. The summed E-state index contributed by atoms with van der Waals surface area (Å²) in [6, 6.07) is 0.205. The van der Waals surface area contributed by atoms with Gasteiger partial charge in [0.05, 0.1) is 5.69 Å². The molecule has 2 unspecified atom stereocenters. The van der Waals surface area contributed by atoms with E-state index >= 15 is 0 Å². The minimum Gasteiger partial charge on any atom is -0.312 e. The van der Waals surface area contributed by atoms with Crippen LogP contribution in [-0.2, 0) is 9.84 Å². The van der Waals surface area contributed by atoms with Crippen molar-refractivity contribution in [1.82, 2.24) is 10.3 Å². The third-order valence-electron chi connectivity index (χ3n) is 2.64. The Labute approximate surface area is 101 Å². The molecule has 0 amide bonds. The Bertz CT molecular complexity index is 435. The van der Waals surface area contributed by atoms with Crippen LogP contribution in [0.1, 0.15) is 42.3 Å². The lowest BCUT2D eigenvalue weighted by Gasteiger charge is -2.10. The fourth-order valence-corrected chi connectivity index (χ4v) is 3.31. The van der Waals surface area contributed by atoms with E-state index in [4.69, 9.17) is 0 Å². The normalized spacial score (nSPS) is 16.0. The Kier molecular flexibility index (Phi) is 4.46. The van der Waals surface area contributed by atoms with Gasteiger partial charge in [0, 0.05) is 17.7 Å². The topological polar surface area (TPSA) is 59.1 Å². The predicted octanol–water partition coefficient (Wildman–Crippen LogP) is 1.92. The summed E-state index contributed by atoms with van der Waals surface area (Å²) >= 11 is 1.41. The van der Waals surface area contributed by atoms with Crippen molar-refractivity contribution in [2.45, 2.75) is 31.6 Å². The van der Waals surface area contributed by atoms with Crippen LogP contribution in [0, 0.1) is 0 Å². The lowest BCUT2D eigenvalue weighted by Crippen LogP contribution is -2.16. The van der Waals surface area contributed by atoms with Gasteiger partial charge in [0.25, 0.3) is 0 Å². The Balaban J connectivity index is 2.95. The molecule has 16 heavy (non-hydrogen) atoms. The van der Waals surface area contributed by atoms with Gasteiger partial charge in [-0.25, -0.2) is 13.4 Å². The second-order valence-electron chi connectivity index (χ2n) is 3.83. The highest BCUT2D eigenvalue weighted by Gasteiger charge is 2.22. The number of nitrogens with one attached hydrogen (secondary N) is 1. The summed E-state index contributed by atoms with van der Waals surface area (Å²) < 4.78 is 22.8. The number of aromatic nitrogens is 1. The van der Waals surface area contributed by atoms with Gasteiger partial charge in [-0.3, -0.25) is 0 Å². The highest BCUT2D eigenvalue weighted by Crippen LogP contribution is 2.27. The molecule has 1 aromatic heterocycles. The van der Waals surface area contributed by atoms with E-state index in [9.17, 15) is 8.42 Å². The fraction of sp³-hybridized carbons (Fsp3) is 0.700. The molecule has 1 N–H and O–H groups in total. The highest BCUT2D eigenvalue weighted by atomic mass is 32.2. The Morgan fingerprint density at radius 2 is 2.19 bits per heavy atom. The first kappa shape index (κ1) is 13.6. The lowest BCUT2D eigenvalue weighted by atomic mass is 10.2. The first-order valence-electron chi connectivity index (χ1n) is 5.21. The number of rotatable bonds is 5.